The van der Waals surface area contributed by atoms with Gasteiger partial charge in [0.2, 0.25) is 5.43 Å². The highest BCUT2D eigenvalue weighted by molar-refractivity contribution is 5.30. The predicted molar refractivity (Wildman–Crippen MR) is 112 cm³/mol. The van der Waals surface area contributed by atoms with Crippen LogP contribution in [0.5, 0.6) is 5.75 Å². The molecule has 1 aromatic rings. The lowest BCUT2D eigenvalue weighted by molar-refractivity contribution is 0.126. The van der Waals surface area contributed by atoms with Gasteiger partial charge in [0.15, 0.2) is 5.75 Å². The van der Waals surface area contributed by atoms with E-state index in [4.69, 9.17) is 0 Å². The maximum Gasteiger partial charge on any atom is 0.223 e. The summed E-state index contributed by atoms with van der Waals surface area (Å²) in [7, 11) is 2.02. The van der Waals surface area contributed by atoms with Crippen molar-refractivity contribution < 1.29 is 5.11 Å². The molecule has 2 aliphatic heterocycles. The molecule has 5 heteroatoms. The molecule has 0 aromatic carbocycles. The van der Waals surface area contributed by atoms with E-state index in [1.807, 2.05) is 7.05 Å². The summed E-state index contributed by atoms with van der Waals surface area (Å²) in [5, 5.41) is 10.6. The zero-order valence-electron chi connectivity index (χ0n) is 18.1. The zero-order valence-corrected chi connectivity index (χ0v) is 18.1. The standard InChI is InChI=1S/C23H37N3O2/c1-22(2)11-18-12-23(3,15-22)16-26(18)14-19-21(28)20(27)10-17(24(19)4)13-25-8-6-5-7-9-25/h10,18,28H,5-9,11-16H2,1-4H3/t18-,23+/m1/s1. The fraction of sp³-hybridized carbons (Fsp3) is 0.783. The summed E-state index contributed by atoms with van der Waals surface area (Å²) in [6.45, 7) is 11.9. The van der Waals surface area contributed by atoms with Crippen LogP contribution in [0.1, 0.15) is 70.7 Å². The van der Waals surface area contributed by atoms with Gasteiger partial charge in [-0.2, -0.15) is 0 Å². The first-order chi connectivity index (χ1) is 13.2. The lowest BCUT2D eigenvalue weighted by Crippen LogP contribution is -2.35. The average Bonchev–Trinajstić information content (AvgIpc) is 2.85. The molecule has 5 nitrogen and oxygen atoms in total. The second-order valence-electron chi connectivity index (χ2n) is 10.8. The molecule has 2 saturated heterocycles. The van der Waals surface area contributed by atoms with Crippen molar-refractivity contribution in [1.29, 1.82) is 0 Å². The van der Waals surface area contributed by atoms with Gasteiger partial charge in [-0.25, -0.2) is 0 Å². The molecule has 3 aliphatic rings. The van der Waals surface area contributed by atoms with Gasteiger partial charge in [-0.15, -0.1) is 0 Å². The second kappa shape index (κ2) is 7.17. The number of rotatable bonds is 4. The fourth-order valence-corrected chi connectivity index (χ4v) is 6.42. The number of fused-ring (bicyclic) bond motifs is 2. The van der Waals surface area contributed by atoms with Crippen LogP contribution in [-0.2, 0) is 20.1 Å². The summed E-state index contributed by atoms with van der Waals surface area (Å²) < 4.78 is 2.08. The van der Waals surface area contributed by atoms with E-state index in [9.17, 15) is 9.90 Å². The third-order valence-corrected chi connectivity index (χ3v) is 7.35. The third-order valence-electron chi connectivity index (χ3n) is 7.35. The Morgan fingerprint density at radius 2 is 1.82 bits per heavy atom. The Hall–Kier alpha value is -1.33. The first kappa shape index (κ1) is 20.0. The van der Waals surface area contributed by atoms with Crippen LogP contribution < -0.4 is 5.43 Å². The van der Waals surface area contributed by atoms with Crippen molar-refractivity contribution in [3.05, 3.63) is 27.7 Å². The molecule has 0 spiro atoms. The number of aromatic nitrogens is 1. The van der Waals surface area contributed by atoms with E-state index in [-0.39, 0.29) is 11.2 Å². The Morgan fingerprint density at radius 3 is 2.54 bits per heavy atom. The predicted octanol–water partition coefficient (Wildman–Crippen LogP) is 3.48. The highest BCUT2D eigenvalue weighted by atomic mass is 16.3. The van der Waals surface area contributed by atoms with Gasteiger partial charge in [0.25, 0.3) is 0 Å². The van der Waals surface area contributed by atoms with E-state index in [2.05, 4.69) is 35.1 Å². The second-order valence-corrected chi connectivity index (χ2v) is 10.8. The Balaban J connectivity index is 1.58. The lowest BCUT2D eigenvalue weighted by Gasteiger charge is -2.40. The highest BCUT2D eigenvalue weighted by Gasteiger charge is 2.49. The van der Waals surface area contributed by atoms with Crippen LogP contribution in [0, 0.1) is 10.8 Å². The van der Waals surface area contributed by atoms with Gasteiger partial charge in [0.1, 0.15) is 0 Å². The molecule has 2 bridgehead atoms. The van der Waals surface area contributed by atoms with Crippen LogP contribution in [-0.4, -0.2) is 45.1 Å². The Bertz CT molecular complexity index is 794. The van der Waals surface area contributed by atoms with Gasteiger partial charge in [0, 0.05) is 44.5 Å². The quantitative estimate of drug-likeness (QED) is 0.859. The van der Waals surface area contributed by atoms with Crippen LogP contribution in [0.25, 0.3) is 0 Å². The van der Waals surface area contributed by atoms with Crippen molar-refractivity contribution >= 4 is 0 Å². The molecule has 0 amide bonds. The molecule has 0 radical (unpaired) electrons. The maximum atomic E-state index is 12.5. The Morgan fingerprint density at radius 1 is 1.11 bits per heavy atom. The van der Waals surface area contributed by atoms with Crippen molar-refractivity contribution in [2.45, 2.75) is 78.4 Å². The SMILES string of the molecule is Cn1c(CN2CCCCC2)cc(=O)c(O)c1CN1C[C@@]2(C)C[C@H]1CC(C)(C)C2. The van der Waals surface area contributed by atoms with Gasteiger partial charge in [0.05, 0.1) is 5.69 Å². The number of pyridine rings is 1. The monoisotopic (exact) mass is 387 g/mol. The molecular weight excluding hydrogens is 350 g/mol. The van der Waals surface area contributed by atoms with E-state index < -0.39 is 0 Å². The molecule has 156 valence electrons. The van der Waals surface area contributed by atoms with Gasteiger partial charge < -0.3 is 9.67 Å². The van der Waals surface area contributed by atoms with Crippen molar-refractivity contribution in [2.24, 2.45) is 17.9 Å². The van der Waals surface area contributed by atoms with Crippen molar-refractivity contribution in [2.75, 3.05) is 19.6 Å². The van der Waals surface area contributed by atoms with Crippen LogP contribution in [0.2, 0.25) is 0 Å². The van der Waals surface area contributed by atoms with Crippen molar-refractivity contribution in [3.63, 3.8) is 0 Å². The normalized spacial score (nSPS) is 30.6. The topological polar surface area (TPSA) is 48.7 Å². The molecule has 4 rings (SSSR count). The highest BCUT2D eigenvalue weighted by Crippen LogP contribution is 2.52. The summed E-state index contributed by atoms with van der Waals surface area (Å²) in [6.07, 6.45) is 7.48. The maximum absolute atomic E-state index is 12.5. The summed E-state index contributed by atoms with van der Waals surface area (Å²) in [6, 6.07) is 2.19. The molecule has 2 atom stereocenters. The van der Waals surface area contributed by atoms with E-state index in [0.717, 1.165) is 37.6 Å². The van der Waals surface area contributed by atoms with Crippen LogP contribution >= 0.6 is 0 Å². The molecule has 1 aliphatic carbocycles. The third kappa shape index (κ3) is 3.88. The largest absolute Gasteiger partial charge is 0.503 e. The van der Waals surface area contributed by atoms with Crippen molar-refractivity contribution in [3.8, 4) is 5.75 Å². The minimum atomic E-state index is -0.228. The number of likely N-dealkylation sites (tertiary alicyclic amines) is 2. The number of nitrogens with zero attached hydrogens (tertiary/aromatic N) is 3. The van der Waals surface area contributed by atoms with E-state index in [0.29, 0.717) is 23.4 Å². The molecule has 28 heavy (non-hydrogen) atoms. The van der Waals surface area contributed by atoms with E-state index >= 15 is 0 Å². The lowest BCUT2D eigenvalue weighted by atomic mass is 9.65. The molecule has 1 aromatic heterocycles. The summed E-state index contributed by atoms with van der Waals surface area (Å²) in [5.74, 6) is -0.0595. The minimum absolute atomic E-state index is 0.0595. The molecule has 1 N–H and O–H groups in total. The molecule has 0 unspecified atom stereocenters. The average molecular weight is 388 g/mol. The molecule has 3 fully saturated rings. The summed E-state index contributed by atoms with van der Waals surface area (Å²) >= 11 is 0. The smallest absolute Gasteiger partial charge is 0.223 e. The number of piperidine rings is 1. The van der Waals surface area contributed by atoms with Gasteiger partial charge in [-0.3, -0.25) is 14.6 Å². The van der Waals surface area contributed by atoms with Gasteiger partial charge in [-0.1, -0.05) is 27.2 Å². The minimum Gasteiger partial charge on any atom is -0.503 e. The summed E-state index contributed by atoms with van der Waals surface area (Å²) in [4.78, 5) is 17.5. The number of hydrogen-bond acceptors (Lipinski definition) is 4. The Labute approximate surface area is 169 Å². The molecular formula is C23H37N3O2. The zero-order chi connectivity index (χ0) is 20.1. The van der Waals surface area contributed by atoms with Crippen LogP contribution in [0.4, 0.5) is 0 Å². The fourth-order valence-electron chi connectivity index (χ4n) is 6.42. The van der Waals surface area contributed by atoms with Crippen LogP contribution in [0.3, 0.4) is 0 Å². The number of aromatic hydroxyl groups is 1. The van der Waals surface area contributed by atoms with E-state index in [1.54, 1.807) is 6.07 Å². The first-order valence-corrected chi connectivity index (χ1v) is 11.0. The molecule has 3 heterocycles. The van der Waals surface area contributed by atoms with Crippen molar-refractivity contribution in [1.82, 2.24) is 14.4 Å². The Kier molecular flexibility index (Phi) is 5.11. The summed E-state index contributed by atoms with van der Waals surface area (Å²) in [5.41, 5.74) is 2.30. The van der Waals surface area contributed by atoms with Gasteiger partial charge >= 0.3 is 0 Å². The van der Waals surface area contributed by atoms with Crippen LogP contribution in [0.15, 0.2) is 10.9 Å². The first-order valence-electron chi connectivity index (χ1n) is 11.0. The number of hydrogen-bond donors (Lipinski definition) is 1. The van der Waals surface area contributed by atoms with E-state index in [1.165, 1.54) is 38.5 Å². The van der Waals surface area contributed by atoms with Gasteiger partial charge in [-0.05, 0) is 56.0 Å². The molecule has 1 saturated carbocycles.